The fourth-order valence-corrected chi connectivity index (χ4v) is 9.57. The Balaban J connectivity index is 1.62. The molecule has 11 heteroatoms. The van der Waals surface area contributed by atoms with Crippen LogP contribution >= 0.6 is 23.2 Å². The van der Waals surface area contributed by atoms with Gasteiger partial charge in [-0.2, -0.15) is 5.26 Å². The molecule has 1 N–H and O–H groups in total. The van der Waals surface area contributed by atoms with Gasteiger partial charge in [0.15, 0.2) is 18.1 Å². The van der Waals surface area contributed by atoms with Crippen molar-refractivity contribution in [2.75, 3.05) is 6.61 Å². The maximum absolute atomic E-state index is 17.5. The molecule has 3 unspecified atom stereocenters. The van der Waals surface area contributed by atoms with E-state index in [9.17, 15) is 19.5 Å². The van der Waals surface area contributed by atoms with Gasteiger partial charge in [-0.3, -0.25) is 9.59 Å². The second-order valence-electron chi connectivity index (χ2n) is 13.2. The molecule has 0 bridgehead atoms. The van der Waals surface area contributed by atoms with E-state index in [2.05, 4.69) is 0 Å². The average Bonchev–Trinajstić information content (AvgIpc) is 3.17. The SMILES string of the molecule is C[C@@H]1CC2C3C[C@H](F)C4=CC(=O)C=C[C@]4(C)[C@@]3(F)[C@@H](O)C[C@]2(C)[C@@]1(OC(=O)C1C(C)(C)C1(Cl)Cl)C(=O)OCC#N. The lowest BCUT2D eigenvalue weighted by molar-refractivity contribution is -0.239. The zero-order valence-corrected chi connectivity index (χ0v) is 24.5. The molecule has 5 rings (SSSR count). The fourth-order valence-electron chi connectivity index (χ4n) is 8.74. The molecule has 5 aliphatic rings. The van der Waals surface area contributed by atoms with E-state index < -0.39 is 92.1 Å². The van der Waals surface area contributed by atoms with Crippen molar-refractivity contribution in [2.45, 2.75) is 81.8 Å². The first-order valence-electron chi connectivity index (χ1n) is 13.5. The first kappa shape index (κ1) is 29.5. The van der Waals surface area contributed by atoms with Crippen molar-refractivity contribution in [1.82, 2.24) is 0 Å². The number of aliphatic hydroxyl groups is 1. The summed E-state index contributed by atoms with van der Waals surface area (Å²) in [5.41, 5.74) is -8.29. The zero-order chi connectivity index (χ0) is 29.8. The highest BCUT2D eigenvalue weighted by atomic mass is 35.5. The minimum absolute atomic E-state index is 0.0184. The normalized spacial score (nSPS) is 47.6. The molecular formula is C29H33Cl2F2NO6. The molecule has 0 heterocycles. The highest BCUT2D eigenvalue weighted by molar-refractivity contribution is 6.53. The Bertz CT molecular complexity index is 1280. The molecule has 0 saturated heterocycles. The number of ketones is 1. The second kappa shape index (κ2) is 8.75. The Morgan fingerprint density at radius 3 is 2.40 bits per heavy atom. The third-order valence-electron chi connectivity index (χ3n) is 11.1. The van der Waals surface area contributed by atoms with Crippen molar-refractivity contribution in [3.8, 4) is 6.07 Å². The summed E-state index contributed by atoms with van der Waals surface area (Å²) in [6.07, 6.45) is -0.270. The van der Waals surface area contributed by atoms with Gasteiger partial charge < -0.3 is 14.6 Å². The molecule has 5 aliphatic carbocycles. The molecule has 218 valence electrons. The monoisotopic (exact) mass is 599 g/mol. The Morgan fingerprint density at radius 1 is 1.20 bits per heavy atom. The van der Waals surface area contributed by atoms with E-state index in [1.165, 1.54) is 19.1 Å². The zero-order valence-electron chi connectivity index (χ0n) is 23.0. The van der Waals surface area contributed by atoms with Gasteiger partial charge in [0, 0.05) is 28.1 Å². The van der Waals surface area contributed by atoms with Crippen LogP contribution in [0, 0.1) is 51.2 Å². The van der Waals surface area contributed by atoms with Crippen LogP contribution in [0.3, 0.4) is 0 Å². The van der Waals surface area contributed by atoms with E-state index >= 15 is 8.78 Å². The molecule has 0 spiro atoms. The number of aliphatic hydroxyl groups excluding tert-OH is 1. The van der Waals surface area contributed by atoms with Crippen molar-refractivity contribution in [1.29, 1.82) is 5.26 Å². The van der Waals surface area contributed by atoms with Gasteiger partial charge in [-0.15, -0.1) is 23.2 Å². The average molecular weight is 600 g/mol. The number of esters is 2. The van der Waals surface area contributed by atoms with Crippen molar-refractivity contribution in [2.24, 2.45) is 39.9 Å². The number of alkyl halides is 4. The van der Waals surface area contributed by atoms with Crippen LogP contribution in [0.5, 0.6) is 0 Å². The topological polar surface area (TPSA) is 114 Å². The lowest BCUT2D eigenvalue weighted by Gasteiger charge is -2.63. The summed E-state index contributed by atoms with van der Waals surface area (Å²) in [7, 11) is 0. The molecule has 40 heavy (non-hydrogen) atoms. The van der Waals surface area contributed by atoms with Gasteiger partial charge in [-0.25, -0.2) is 13.6 Å². The van der Waals surface area contributed by atoms with Gasteiger partial charge in [0.1, 0.15) is 16.6 Å². The molecule has 10 atom stereocenters. The minimum Gasteiger partial charge on any atom is -0.447 e. The van der Waals surface area contributed by atoms with Gasteiger partial charge in [-0.1, -0.05) is 33.8 Å². The summed E-state index contributed by atoms with van der Waals surface area (Å²) in [6, 6.07) is 1.73. The molecule has 0 aromatic carbocycles. The summed E-state index contributed by atoms with van der Waals surface area (Å²) in [4.78, 5) is 39.5. The number of nitriles is 1. The summed E-state index contributed by atoms with van der Waals surface area (Å²) >= 11 is 12.7. The number of allylic oxidation sites excluding steroid dienone is 4. The van der Waals surface area contributed by atoms with E-state index in [0.717, 1.165) is 6.08 Å². The van der Waals surface area contributed by atoms with Gasteiger partial charge in [0.05, 0.1) is 12.0 Å². The van der Waals surface area contributed by atoms with Crippen LogP contribution in [0.2, 0.25) is 0 Å². The number of carbonyl (C=O) groups excluding carboxylic acids is 3. The number of fused-ring (bicyclic) bond motifs is 5. The number of carbonyl (C=O) groups is 3. The molecule has 0 radical (unpaired) electrons. The second-order valence-corrected chi connectivity index (χ2v) is 14.6. The third-order valence-corrected chi connectivity index (χ3v) is 12.5. The number of nitrogens with zero attached hydrogens (tertiary/aromatic N) is 1. The maximum atomic E-state index is 17.5. The van der Waals surface area contributed by atoms with Crippen LogP contribution in [-0.2, 0) is 23.9 Å². The van der Waals surface area contributed by atoms with Crippen LogP contribution in [-0.4, -0.2) is 57.3 Å². The van der Waals surface area contributed by atoms with Crippen molar-refractivity contribution >= 4 is 40.9 Å². The lowest BCUT2D eigenvalue weighted by Crippen LogP contribution is -2.71. The van der Waals surface area contributed by atoms with Crippen LogP contribution in [0.15, 0.2) is 23.8 Å². The van der Waals surface area contributed by atoms with Crippen molar-refractivity contribution < 1.29 is 37.7 Å². The van der Waals surface area contributed by atoms with Crippen molar-refractivity contribution in [3.63, 3.8) is 0 Å². The first-order valence-corrected chi connectivity index (χ1v) is 14.2. The predicted molar refractivity (Wildman–Crippen MR) is 140 cm³/mol. The van der Waals surface area contributed by atoms with Crippen LogP contribution < -0.4 is 0 Å². The molecule has 7 nitrogen and oxygen atoms in total. The summed E-state index contributed by atoms with van der Waals surface area (Å²) < 4.78 is 43.1. The Kier molecular flexibility index (Phi) is 6.44. The summed E-state index contributed by atoms with van der Waals surface area (Å²) in [5, 5.41) is 20.7. The first-order chi connectivity index (χ1) is 18.4. The van der Waals surface area contributed by atoms with E-state index in [1.54, 1.807) is 33.8 Å². The molecule has 0 aromatic heterocycles. The number of rotatable bonds is 4. The van der Waals surface area contributed by atoms with E-state index in [0.29, 0.717) is 0 Å². The lowest BCUT2D eigenvalue weighted by atomic mass is 9.44. The largest absolute Gasteiger partial charge is 0.447 e. The van der Waals surface area contributed by atoms with E-state index in [1.807, 2.05) is 0 Å². The molecule has 0 aliphatic heterocycles. The van der Waals surface area contributed by atoms with Crippen LogP contribution in [0.1, 0.15) is 53.9 Å². The smallest absolute Gasteiger partial charge is 0.352 e. The number of hydrogen-bond acceptors (Lipinski definition) is 7. The predicted octanol–water partition coefficient (Wildman–Crippen LogP) is 4.73. The van der Waals surface area contributed by atoms with Crippen LogP contribution in [0.25, 0.3) is 0 Å². The van der Waals surface area contributed by atoms with Gasteiger partial charge in [0.2, 0.25) is 5.60 Å². The molecule has 0 amide bonds. The highest BCUT2D eigenvalue weighted by Gasteiger charge is 2.81. The Morgan fingerprint density at radius 2 is 1.82 bits per heavy atom. The highest BCUT2D eigenvalue weighted by Crippen LogP contribution is 2.73. The minimum atomic E-state index is -2.38. The van der Waals surface area contributed by atoms with Gasteiger partial charge in [0.25, 0.3) is 0 Å². The molecule has 0 aromatic rings. The van der Waals surface area contributed by atoms with Gasteiger partial charge >= 0.3 is 11.9 Å². The number of ether oxygens (including phenoxy) is 2. The third kappa shape index (κ3) is 3.33. The summed E-state index contributed by atoms with van der Waals surface area (Å²) in [6.45, 7) is 7.51. The maximum Gasteiger partial charge on any atom is 0.352 e. The number of hydrogen-bond donors (Lipinski definition) is 1. The Labute approximate surface area is 241 Å². The molecule has 4 fully saturated rings. The van der Waals surface area contributed by atoms with Crippen molar-refractivity contribution in [3.05, 3.63) is 23.8 Å². The van der Waals surface area contributed by atoms with E-state index in [-0.39, 0.29) is 24.8 Å². The Hall–Kier alpha value is -2.02. The quantitative estimate of drug-likeness (QED) is 0.367. The summed E-state index contributed by atoms with van der Waals surface area (Å²) in [5.74, 6) is -5.85. The molecular weight excluding hydrogens is 567 g/mol. The van der Waals surface area contributed by atoms with Gasteiger partial charge in [-0.05, 0) is 49.8 Å². The fraction of sp³-hybridized carbons (Fsp3) is 0.724. The molecule has 4 saturated carbocycles. The number of halogens is 4. The van der Waals surface area contributed by atoms with Crippen LogP contribution in [0.4, 0.5) is 8.78 Å². The standard InChI is InChI=1S/C29H33Cl2F2NO6/c1-14-10-16-17-12-19(32)18-11-15(35)6-7-25(18,4)27(17,33)20(36)13-26(16,5)28(14,23(38)39-9-8-34)40-22(37)21-24(2,3)29(21,30)31/h6-7,11,14,16-17,19-21,36H,9-10,12-13H2,1-5H3/t14-,16?,17?,19+,20+,21?,25+,26+,27+,28+/m1/s1. The van der Waals surface area contributed by atoms with E-state index in [4.69, 9.17) is 37.9 Å².